The summed E-state index contributed by atoms with van der Waals surface area (Å²) in [6.45, 7) is 1.42. The molecule has 0 aliphatic rings. The Morgan fingerprint density at radius 3 is 2.77 bits per heavy atom. The van der Waals surface area contributed by atoms with Crippen LogP contribution in [-0.2, 0) is 11.3 Å². The normalized spacial score (nSPS) is 10.7. The zero-order valence-electron chi connectivity index (χ0n) is 14.1. The zero-order chi connectivity index (χ0) is 18.8. The van der Waals surface area contributed by atoms with Gasteiger partial charge in [-0.1, -0.05) is 12.1 Å². The minimum atomic E-state index is -0.606. The molecule has 3 N–H and O–H groups in total. The number of anilines is 1. The van der Waals surface area contributed by atoms with E-state index in [9.17, 15) is 14.4 Å². The first-order chi connectivity index (χ1) is 12.4. The topological polar surface area (TPSA) is 116 Å². The second-order valence-corrected chi connectivity index (χ2v) is 6.53. The number of thiophene rings is 1. The first-order valence-corrected chi connectivity index (χ1v) is 8.45. The number of fused-ring (bicyclic) bond motifs is 1. The highest BCUT2D eigenvalue weighted by Crippen LogP contribution is 2.26. The third-order valence-corrected chi connectivity index (χ3v) is 5.05. The highest BCUT2D eigenvalue weighted by Gasteiger charge is 2.18. The molecule has 0 unspecified atom stereocenters. The number of benzene rings is 1. The molecule has 2 amide bonds. The number of rotatable bonds is 5. The number of carbonyl (C=O) groups excluding carboxylic acids is 2. The minimum Gasteiger partial charge on any atom is -0.495 e. The summed E-state index contributed by atoms with van der Waals surface area (Å²) in [6.07, 6.45) is 1.28. The molecule has 0 spiro atoms. The molecule has 1 aromatic carbocycles. The van der Waals surface area contributed by atoms with Gasteiger partial charge in [0, 0.05) is 0 Å². The molecule has 3 aromatic rings. The Kier molecular flexibility index (Phi) is 4.72. The second-order valence-electron chi connectivity index (χ2n) is 5.53. The van der Waals surface area contributed by atoms with Crippen LogP contribution in [0.4, 0.5) is 5.69 Å². The molecular weight excluding hydrogens is 356 g/mol. The molecule has 0 aliphatic heterocycles. The molecular formula is C17H16N4O4S. The van der Waals surface area contributed by atoms with E-state index in [0.717, 1.165) is 11.3 Å². The summed E-state index contributed by atoms with van der Waals surface area (Å²) in [6, 6.07) is 6.96. The molecule has 8 nitrogen and oxygen atoms in total. The van der Waals surface area contributed by atoms with Gasteiger partial charge in [0.2, 0.25) is 5.91 Å². The van der Waals surface area contributed by atoms with Crippen LogP contribution in [0.5, 0.6) is 5.75 Å². The first kappa shape index (κ1) is 17.6. The summed E-state index contributed by atoms with van der Waals surface area (Å²) in [5, 5.41) is 3.00. The molecule has 2 heterocycles. The highest BCUT2D eigenvalue weighted by molar-refractivity contribution is 7.20. The predicted molar refractivity (Wildman–Crippen MR) is 98.8 cm³/mol. The number of amides is 2. The lowest BCUT2D eigenvalue weighted by atomic mass is 10.2. The Labute approximate surface area is 152 Å². The van der Waals surface area contributed by atoms with Gasteiger partial charge in [0.25, 0.3) is 11.5 Å². The molecule has 0 fully saturated rings. The van der Waals surface area contributed by atoms with E-state index in [2.05, 4.69) is 10.3 Å². The quantitative estimate of drug-likeness (QED) is 0.704. The number of hydrogen-bond donors (Lipinski definition) is 2. The van der Waals surface area contributed by atoms with Gasteiger partial charge >= 0.3 is 0 Å². The van der Waals surface area contributed by atoms with Crippen LogP contribution in [0.3, 0.4) is 0 Å². The van der Waals surface area contributed by atoms with E-state index in [1.807, 2.05) is 0 Å². The van der Waals surface area contributed by atoms with E-state index in [1.54, 1.807) is 31.2 Å². The number of aryl methyl sites for hydroxylation is 1. The van der Waals surface area contributed by atoms with Crippen LogP contribution in [-0.4, -0.2) is 28.5 Å². The first-order valence-electron chi connectivity index (χ1n) is 7.63. The van der Waals surface area contributed by atoms with Gasteiger partial charge in [-0.25, -0.2) is 4.98 Å². The third-order valence-electron chi connectivity index (χ3n) is 3.84. The van der Waals surface area contributed by atoms with Crippen LogP contribution >= 0.6 is 11.3 Å². The molecule has 0 saturated carbocycles. The van der Waals surface area contributed by atoms with E-state index in [4.69, 9.17) is 10.5 Å². The molecule has 3 rings (SSSR count). The molecule has 26 heavy (non-hydrogen) atoms. The van der Waals surface area contributed by atoms with Gasteiger partial charge in [-0.3, -0.25) is 19.0 Å². The fourth-order valence-electron chi connectivity index (χ4n) is 2.60. The maximum absolute atomic E-state index is 12.7. The van der Waals surface area contributed by atoms with Crippen LogP contribution in [0, 0.1) is 6.92 Å². The fourth-order valence-corrected chi connectivity index (χ4v) is 3.59. The lowest BCUT2D eigenvalue weighted by molar-refractivity contribution is -0.116. The maximum Gasteiger partial charge on any atom is 0.262 e. The third kappa shape index (κ3) is 3.16. The van der Waals surface area contributed by atoms with Crippen molar-refractivity contribution in [3.05, 3.63) is 51.4 Å². The Bertz CT molecular complexity index is 1070. The van der Waals surface area contributed by atoms with Gasteiger partial charge in [0.1, 0.15) is 17.1 Å². The van der Waals surface area contributed by atoms with Crippen molar-refractivity contribution in [1.82, 2.24) is 9.55 Å². The minimum absolute atomic E-state index is 0.221. The predicted octanol–water partition coefficient (Wildman–Crippen LogP) is 1.51. The number of nitrogens with zero attached hydrogens (tertiary/aromatic N) is 2. The van der Waals surface area contributed by atoms with Crippen molar-refractivity contribution in [3.8, 4) is 5.75 Å². The number of ether oxygens (including phenoxy) is 1. The Balaban J connectivity index is 1.90. The SMILES string of the molecule is COc1ccccc1NC(=O)Cn1cnc2sc(C(N)=O)c(C)c2c1=O. The molecule has 0 bridgehead atoms. The van der Waals surface area contributed by atoms with Crippen LogP contribution in [0.15, 0.2) is 35.4 Å². The standard InChI is InChI=1S/C17H16N4O4S/c1-9-13-16(26-14(9)15(18)23)19-8-21(17(13)24)7-12(22)20-10-5-3-4-6-11(10)25-2/h3-6,8H,7H2,1-2H3,(H2,18,23)(H,20,22). The summed E-state index contributed by atoms with van der Waals surface area (Å²) in [7, 11) is 1.50. The average Bonchev–Trinajstić information content (AvgIpc) is 2.95. The van der Waals surface area contributed by atoms with E-state index in [-0.39, 0.29) is 6.54 Å². The summed E-state index contributed by atoms with van der Waals surface area (Å²) in [5.74, 6) is -0.493. The molecule has 9 heteroatoms. The van der Waals surface area contributed by atoms with Crippen LogP contribution in [0.1, 0.15) is 15.2 Å². The van der Waals surface area contributed by atoms with Gasteiger partial charge in [-0.05, 0) is 24.6 Å². The molecule has 2 aromatic heterocycles. The summed E-state index contributed by atoms with van der Waals surface area (Å²) in [4.78, 5) is 41.3. The fraction of sp³-hybridized carbons (Fsp3) is 0.176. The van der Waals surface area contributed by atoms with E-state index in [0.29, 0.717) is 32.1 Å². The second kappa shape index (κ2) is 6.96. The number of hydrogen-bond acceptors (Lipinski definition) is 6. The van der Waals surface area contributed by atoms with Crippen molar-refractivity contribution in [1.29, 1.82) is 0 Å². The van der Waals surface area contributed by atoms with Gasteiger partial charge in [-0.2, -0.15) is 0 Å². The zero-order valence-corrected chi connectivity index (χ0v) is 14.9. The molecule has 0 radical (unpaired) electrons. The van der Waals surface area contributed by atoms with Gasteiger partial charge < -0.3 is 15.8 Å². The molecule has 0 atom stereocenters. The smallest absolute Gasteiger partial charge is 0.262 e. The van der Waals surface area contributed by atoms with E-state index in [1.165, 1.54) is 18.0 Å². The number of methoxy groups -OCH3 is 1. The number of primary amides is 1. The Morgan fingerprint density at radius 2 is 2.08 bits per heavy atom. The number of para-hydroxylation sites is 2. The Hall–Kier alpha value is -3.20. The molecule has 0 aliphatic carbocycles. The van der Waals surface area contributed by atoms with Gasteiger partial charge in [-0.15, -0.1) is 11.3 Å². The maximum atomic E-state index is 12.7. The van der Waals surface area contributed by atoms with Crippen LogP contribution in [0.2, 0.25) is 0 Å². The average molecular weight is 372 g/mol. The monoisotopic (exact) mass is 372 g/mol. The largest absolute Gasteiger partial charge is 0.495 e. The van der Waals surface area contributed by atoms with Crippen LogP contribution in [0.25, 0.3) is 10.2 Å². The summed E-state index contributed by atoms with van der Waals surface area (Å²) >= 11 is 1.07. The number of carbonyl (C=O) groups is 2. The van der Waals surface area contributed by atoms with Crippen LogP contribution < -0.4 is 21.3 Å². The van der Waals surface area contributed by atoms with Crippen molar-refractivity contribution in [2.45, 2.75) is 13.5 Å². The number of nitrogens with two attached hydrogens (primary N) is 1. The number of aromatic nitrogens is 2. The lowest BCUT2D eigenvalue weighted by Crippen LogP contribution is -2.28. The van der Waals surface area contributed by atoms with E-state index >= 15 is 0 Å². The Morgan fingerprint density at radius 1 is 1.35 bits per heavy atom. The van der Waals surface area contributed by atoms with Crippen molar-refractivity contribution in [2.75, 3.05) is 12.4 Å². The van der Waals surface area contributed by atoms with Crippen molar-refractivity contribution in [3.63, 3.8) is 0 Å². The van der Waals surface area contributed by atoms with Gasteiger partial charge in [0.05, 0.1) is 29.4 Å². The van der Waals surface area contributed by atoms with E-state index < -0.39 is 17.4 Å². The summed E-state index contributed by atoms with van der Waals surface area (Å²) < 4.78 is 6.37. The summed E-state index contributed by atoms with van der Waals surface area (Å²) in [5.41, 5.74) is 5.91. The highest BCUT2D eigenvalue weighted by atomic mass is 32.1. The van der Waals surface area contributed by atoms with Crippen molar-refractivity contribution < 1.29 is 14.3 Å². The number of nitrogens with one attached hydrogen (secondary N) is 1. The van der Waals surface area contributed by atoms with Crippen molar-refractivity contribution in [2.24, 2.45) is 5.73 Å². The lowest BCUT2D eigenvalue weighted by Gasteiger charge is -2.10. The van der Waals surface area contributed by atoms with Crippen molar-refractivity contribution >= 4 is 39.1 Å². The van der Waals surface area contributed by atoms with Gasteiger partial charge in [0.15, 0.2) is 0 Å². The molecule has 134 valence electrons. The molecule has 0 saturated heterocycles.